The molecule has 2 aromatic rings. The van der Waals surface area contributed by atoms with E-state index in [1.807, 2.05) is 30.7 Å². The first-order valence-electron chi connectivity index (χ1n) is 9.10. The summed E-state index contributed by atoms with van der Waals surface area (Å²) in [6, 6.07) is 6.80. The van der Waals surface area contributed by atoms with Gasteiger partial charge >= 0.3 is 0 Å². The van der Waals surface area contributed by atoms with Crippen molar-refractivity contribution in [3.63, 3.8) is 0 Å². The van der Waals surface area contributed by atoms with Crippen LogP contribution in [0.1, 0.15) is 48.3 Å². The molecule has 1 aromatic carbocycles. The number of hydrogen-bond donors (Lipinski definition) is 4. The predicted molar refractivity (Wildman–Crippen MR) is 99.4 cm³/mol. The van der Waals surface area contributed by atoms with E-state index in [1.165, 1.54) is 0 Å². The van der Waals surface area contributed by atoms with Crippen LogP contribution in [0.5, 0.6) is 5.75 Å². The third-order valence-corrected chi connectivity index (χ3v) is 4.92. The number of aryl methyl sites for hydroxylation is 2. The molecule has 0 saturated carbocycles. The van der Waals surface area contributed by atoms with Crippen LogP contribution in [-0.2, 0) is 17.9 Å². The maximum absolute atomic E-state index is 12.5. The molecule has 0 aliphatic carbocycles. The number of benzene rings is 1. The smallest absolute Gasteiger partial charge is 0.238 e. The molecule has 7 heteroatoms. The van der Waals surface area contributed by atoms with Crippen molar-refractivity contribution in [2.45, 2.75) is 58.8 Å². The van der Waals surface area contributed by atoms with E-state index in [-0.39, 0.29) is 23.7 Å². The molecule has 1 amide bonds. The van der Waals surface area contributed by atoms with E-state index in [0.717, 1.165) is 35.5 Å². The Labute approximate surface area is 153 Å². The molecular formula is C19H27N5O2. The van der Waals surface area contributed by atoms with Crippen molar-refractivity contribution in [1.82, 2.24) is 25.9 Å². The van der Waals surface area contributed by atoms with E-state index >= 15 is 0 Å². The first-order valence-corrected chi connectivity index (χ1v) is 9.10. The summed E-state index contributed by atoms with van der Waals surface area (Å²) >= 11 is 0. The number of phenols is 1. The molecule has 1 saturated heterocycles. The van der Waals surface area contributed by atoms with E-state index in [4.69, 9.17) is 0 Å². The number of hydrazine groups is 1. The number of hydrogen-bond acceptors (Lipinski definition) is 5. The molecule has 140 valence electrons. The summed E-state index contributed by atoms with van der Waals surface area (Å²) in [5.41, 5.74) is 10.4. The van der Waals surface area contributed by atoms with Crippen LogP contribution in [0.15, 0.2) is 24.3 Å². The molecule has 0 spiro atoms. The average molecular weight is 357 g/mol. The van der Waals surface area contributed by atoms with Gasteiger partial charge in [0.2, 0.25) is 5.91 Å². The molecule has 26 heavy (non-hydrogen) atoms. The minimum atomic E-state index is -0.292. The van der Waals surface area contributed by atoms with Crippen LogP contribution in [0.2, 0.25) is 0 Å². The molecule has 0 bridgehead atoms. The Morgan fingerprint density at radius 3 is 2.73 bits per heavy atom. The Kier molecular flexibility index (Phi) is 5.58. The lowest BCUT2D eigenvalue weighted by atomic mass is 10.0. The highest BCUT2D eigenvalue weighted by Crippen LogP contribution is 2.24. The van der Waals surface area contributed by atoms with Gasteiger partial charge in [0.1, 0.15) is 11.8 Å². The summed E-state index contributed by atoms with van der Waals surface area (Å²) in [7, 11) is 0. The van der Waals surface area contributed by atoms with E-state index in [9.17, 15) is 9.90 Å². The van der Waals surface area contributed by atoms with Gasteiger partial charge in [0.15, 0.2) is 0 Å². The molecule has 1 aliphatic rings. The van der Waals surface area contributed by atoms with Crippen LogP contribution >= 0.6 is 0 Å². The van der Waals surface area contributed by atoms with Gasteiger partial charge < -0.3 is 10.4 Å². The fraction of sp³-hybridized carbons (Fsp3) is 0.474. The number of carbonyl (C=O) groups is 1. The summed E-state index contributed by atoms with van der Waals surface area (Å²) in [5, 5.41) is 17.0. The maximum atomic E-state index is 12.5. The second-order valence-electron chi connectivity index (χ2n) is 6.81. The Balaban J connectivity index is 1.57. The van der Waals surface area contributed by atoms with Crippen molar-refractivity contribution < 1.29 is 9.90 Å². The van der Waals surface area contributed by atoms with Crippen molar-refractivity contribution in [2.24, 2.45) is 0 Å². The highest BCUT2D eigenvalue weighted by molar-refractivity contribution is 5.82. The van der Waals surface area contributed by atoms with Gasteiger partial charge in [0.25, 0.3) is 0 Å². The second kappa shape index (κ2) is 7.88. The number of aromatic nitrogens is 2. The van der Waals surface area contributed by atoms with E-state index < -0.39 is 0 Å². The summed E-state index contributed by atoms with van der Waals surface area (Å²) in [6.45, 7) is 7.54. The fourth-order valence-corrected chi connectivity index (χ4v) is 3.37. The van der Waals surface area contributed by atoms with E-state index in [1.54, 1.807) is 12.1 Å². The van der Waals surface area contributed by atoms with Crippen LogP contribution in [-0.4, -0.2) is 26.8 Å². The van der Waals surface area contributed by atoms with Gasteiger partial charge in [-0.15, -0.1) is 0 Å². The highest BCUT2D eigenvalue weighted by Gasteiger charge is 2.30. The van der Waals surface area contributed by atoms with Crippen LogP contribution < -0.4 is 16.2 Å². The summed E-state index contributed by atoms with van der Waals surface area (Å²) < 4.78 is 2.01. The number of phenolic OH excluding ortho intramolecular Hbond substituents is 1. The lowest BCUT2D eigenvalue weighted by Gasteiger charge is -2.11. The molecule has 0 radical (unpaired) electrons. The molecule has 2 heterocycles. The largest absolute Gasteiger partial charge is 0.508 e. The normalized spacial score (nSPS) is 19.7. The van der Waals surface area contributed by atoms with Gasteiger partial charge in [-0.2, -0.15) is 5.10 Å². The number of nitrogens with one attached hydrogen (secondary N) is 3. The van der Waals surface area contributed by atoms with Crippen molar-refractivity contribution in [1.29, 1.82) is 0 Å². The highest BCUT2D eigenvalue weighted by atomic mass is 16.3. The Morgan fingerprint density at radius 1 is 1.31 bits per heavy atom. The minimum absolute atomic E-state index is 0.0270. The molecule has 2 unspecified atom stereocenters. The summed E-state index contributed by atoms with van der Waals surface area (Å²) in [4.78, 5) is 12.5. The van der Waals surface area contributed by atoms with Gasteiger partial charge in [0.05, 0.1) is 5.69 Å². The molecule has 1 fully saturated rings. The third-order valence-electron chi connectivity index (χ3n) is 4.92. The Morgan fingerprint density at radius 2 is 2.04 bits per heavy atom. The Hall–Kier alpha value is -2.38. The molecule has 4 N–H and O–H groups in total. The third kappa shape index (κ3) is 3.89. The topological polar surface area (TPSA) is 91.2 Å². The van der Waals surface area contributed by atoms with Crippen molar-refractivity contribution in [2.75, 3.05) is 0 Å². The van der Waals surface area contributed by atoms with E-state index in [2.05, 4.69) is 28.2 Å². The van der Waals surface area contributed by atoms with Crippen molar-refractivity contribution in [3.05, 3.63) is 46.8 Å². The number of carbonyl (C=O) groups excluding carboxylic acids is 1. The zero-order valence-electron chi connectivity index (χ0n) is 15.5. The Bertz CT molecular complexity index is 769. The average Bonchev–Trinajstić information content (AvgIpc) is 3.20. The lowest BCUT2D eigenvalue weighted by molar-refractivity contribution is -0.123. The van der Waals surface area contributed by atoms with Gasteiger partial charge in [-0.25, -0.2) is 10.9 Å². The molecule has 7 nitrogen and oxygen atoms in total. The zero-order chi connectivity index (χ0) is 18.7. The number of aromatic hydroxyl groups is 1. The first kappa shape index (κ1) is 18.4. The molecular weight excluding hydrogens is 330 g/mol. The van der Waals surface area contributed by atoms with Gasteiger partial charge in [-0.3, -0.25) is 9.48 Å². The van der Waals surface area contributed by atoms with Crippen LogP contribution in [0.3, 0.4) is 0 Å². The number of rotatable bonds is 6. The number of nitrogens with zero attached hydrogens (tertiary/aromatic N) is 2. The quantitative estimate of drug-likeness (QED) is 0.633. The summed E-state index contributed by atoms with van der Waals surface area (Å²) in [6.07, 6.45) is 1.69. The second-order valence-corrected chi connectivity index (χ2v) is 6.81. The SMILES string of the molecule is CCCn1nc(C)c(CNC(=O)C2CC(c3ccc(O)cc3)NN2)c1C. The molecule has 1 aliphatic heterocycles. The molecule has 1 aromatic heterocycles. The lowest BCUT2D eigenvalue weighted by Crippen LogP contribution is -2.43. The molecule has 2 atom stereocenters. The standard InChI is InChI=1S/C19H27N5O2/c1-4-9-24-13(3)16(12(2)23-24)11-20-19(26)18-10-17(21-22-18)14-5-7-15(25)8-6-14/h5-8,17-18,21-22,25H,4,9-11H2,1-3H3,(H,20,26). The van der Waals surface area contributed by atoms with Crippen LogP contribution in [0.25, 0.3) is 0 Å². The monoisotopic (exact) mass is 357 g/mol. The van der Waals surface area contributed by atoms with Crippen molar-refractivity contribution >= 4 is 5.91 Å². The number of amides is 1. The van der Waals surface area contributed by atoms with Gasteiger partial charge in [-0.05, 0) is 44.4 Å². The van der Waals surface area contributed by atoms with Crippen molar-refractivity contribution in [3.8, 4) is 5.75 Å². The van der Waals surface area contributed by atoms with Crippen LogP contribution in [0.4, 0.5) is 0 Å². The van der Waals surface area contributed by atoms with Gasteiger partial charge in [0, 0.05) is 30.4 Å². The van der Waals surface area contributed by atoms with Crippen LogP contribution in [0, 0.1) is 13.8 Å². The maximum Gasteiger partial charge on any atom is 0.238 e. The van der Waals surface area contributed by atoms with Gasteiger partial charge in [-0.1, -0.05) is 19.1 Å². The minimum Gasteiger partial charge on any atom is -0.508 e. The summed E-state index contributed by atoms with van der Waals surface area (Å²) in [5.74, 6) is 0.212. The first-order chi connectivity index (χ1) is 12.5. The predicted octanol–water partition coefficient (Wildman–Crippen LogP) is 1.84. The van der Waals surface area contributed by atoms with E-state index in [0.29, 0.717) is 13.0 Å². The molecule has 3 rings (SSSR count). The zero-order valence-corrected chi connectivity index (χ0v) is 15.5. The fourth-order valence-electron chi connectivity index (χ4n) is 3.37.